The van der Waals surface area contributed by atoms with Gasteiger partial charge < -0.3 is 10.1 Å². The lowest BCUT2D eigenvalue weighted by atomic mass is 10.1. The van der Waals surface area contributed by atoms with Crippen molar-refractivity contribution in [2.75, 3.05) is 11.9 Å². The van der Waals surface area contributed by atoms with Crippen molar-refractivity contribution in [3.05, 3.63) is 74.9 Å². The molecule has 0 fully saturated rings. The maximum Gasteiger partial charge on any atom is 0.340 e. The number of anilines is 2. The third-order valence-corrected chi connectivity index (χ3v) is 6.08. The van der Waals surface area contributed by atoms with Gasteiger partial charge in [-0.15, -0.1) is 11.3 Å². The van der Waals surface area contributed by atoms with Gasteiger partial charge in [0.2, 0.25) is 5.78 Å². The number of esters is 1. The van der Waals surface area contributed by atoms with Crippen LogP contribution in [0.1, 0.15) is 20.0 Å². The molecule has 0 unspecified atom stereocenters. The van der Waals surface area contributed by atoms with Crippen molar-refractivity contribution in [2.45, 2.75) is 10.7 Å². The molecule has 0 bridgehead atoms. The second kappa shape index (κ2) is 10.00. The summed E-state index contributed by atoms with van der Waals surface area (Å²) in [5.74, 6) is -3.41. The fourth-order valence-electron chi connectivity index (χ4n) is 2.39. The second-order valence-electron chi connectivity index (χ2n) is 5.68. The second-order valence-corrected chi connectivity index (χ2v) is 9.20. The number of alkyl halides is 2. The van der Waals surface area contributed by atoms with E-state index < -0.39 is 11.7 Å². The van der Waals surface area contributed by atoms with E-state index in [-0.39, 0.29) is 18.0 Å². The summed E-state index contributed by atoms with van der Waals surface area (Å²) in [6, 6.07) is 16.5. The Kier molecular flexibility index (Phi) is 7.40. The van der Waals surface area contributed by atoms with Crippen molar-refractivity contribution in [1.29, 1.82) is 0 Å². The number of carbonyl (C=O) groups excluding carboxylic acids is 2. The fraction of sp³-hybridized carbons (Fsp3) is 0.100. The van der Waals surface area contributed by atoms with Crippen LogP contribution in [-0.4, -0.2) is 24.1 Å². The van der Waals surface area contributed by atoms with Gasteiger partial charge in [0.15, 0.2) is 6.61 Å². The number of hydrogen-bond donors (Lipinski definition) is 1. The largest absolute Gasteiger partial charge is 0.454 e. The van der Waals surface area contributed by atoms with Crippen molar-refractivity contribution < 1.29 is 23.1 Å². The SMILES string of the molecule is O=C(COC(=O)c1ccccc1Nc1ccc(SC(F)F)cc1)c1ccc(Br)s1. The first kappa shape index (κ1) is 21.5. The van der Waals surface area contributed by atoms with Crippen LogP contribution >= 0.6 is 39.0 Å². The van der Waals surface area contributed by atoms with Crippen LogP contribution in [0, 0.1) is 0 Å². The molecule has 3 aromatic rings. The van der Waals surface area contributed by atoms with E-state index in [1.165, 1.54) is 11.3 Å². The van der Waals surface area contributed by atoms with Crippen LogP contribution in [0.2, 0.25) is 0 Å². The number of hydrogen-bond acceptors (Lipinski definition) is 6. The van der Waals surface area contributed by atoms with E-state index in [1.807, 2.05) is 0 Å². The van der Waals surface area contributed by atoms with Crippen LogP contribution in [0.5, 0.6) is 0 Å². The van der Waals surface area contributed by atoms with Gasteiger partial charge in [-0.2, -0.15) is 8.78 Å². The highest BCUT2D eigenvalue weighted by atomic mass is 79.9. The molecule has 1 aromatic heterocycles. The number of thiophene rings is 1. The molecule has 0 amide bonds. The van der Waals surface area contributed by atoms with Gasteiger partial charge in [0.1, 0.15) is 0 Å². The molecule has 150 valence electrons. The molecule has 1 N–H and O–H groups in total. The molecule has 0 saturated heterocycles. The summed E-state index contributed by atoms with van der Waals surface area (Å²) in [5.41, 5.74) is 1.38. The fourth-order valence-corrected chi connectivity index (χ4v) is 4.20. The Morgan fingerprint density at radius 3 is 2.45 bits per heavy atom. The monoisotopic (exact) mass is 497 g/mol. The predicted molar refractivity (Wildman–Crippen MR) is 115 cm³/mol. The smallest absolute Gasteiger partial charge is 0.340 e. The Hall–Kier alpha value is -2.23. The average molecular weight is 498 g/mol. The number of Topliss-reactive ketones (excluding diaryl/α,β-unsaturated/α-hetero) is 1. The summed E-state index contributed by atoms with van der Waals surface area (Å²) in [7, 11) is 0. The van der Waals surface area contributed by atoms with Crippen LogP contribution in [0.3, 0.4) is 0 Å². The van der Waals surface area contributed by atoms with Crippen LogP contribution in [-0.2, 0) is 4.74 Å². The third-order valence-electron chi connectivity index (χ3n) is 3.69. The quantitative estimate of drug-likeness (QED) is 0.215. The molecular formula is C20H14BrF2NO3S2. The van der Waals surface area contributed by atoms with E-state index in [2.05, 4.69) is 21.2 Å². The Labute approximate surface area is 182 Å². The van der Waals surface area contributed by atoms with Crippen LogP contribution in [0.4, 0.5) is 20.2 Å². The standard InChI is InChI=1S/C20H14BrF2NO3S2/c21-18-10-9-17(29-18)16(25)11-27-19(26)14-3-1-2-4-15(14)24-12-5-7-13(8-6-12)28-20(22)23/h1-10,20,24H,11H2. The lowest BCUT2D eigenvalue weighted by molar-refractivity contribution is 0.0477. The summed E-state index contributed by atoms with van der Waals surface area (Å²) < 4.78 is 30.8. The van der Waals surface area contributed by atoms with Crippen molar-refractivity contribution in [2.24, 2.45) is 0 Å². The van der Waals surface area contributed by atoms with Gasteiger partial charge in [0, 0.05) is 10.6 Å². The third kappa shape index (κ3) is 6.12. The van der Waals surface area contributed by atoms with E-state index in [4.69, 9.17) is 4.74 Å². The van der Waals surface area contributed by atoms with E-state index in [9.17, 15) is 18.4 Å². The lowest BCUT2D eigenvalue weighted by Crippen LogP contribution is -2.14. The lowest BCUT2D eigenvalue weighted by Gasteiger charge is -2.12. The Balaban J connectivity index is 1.66. The van der Waals surface area contributed by atoms with Gasteiger partial charge in [0.05, 0.1) is 19.9 Å². The number of halogens is 3. The maximum absolute atomic E-state index is 12.5. The van der Waals surface area contributed by atoms with E-state index in [0.29, 0.717) is 32.9 Å². The summed E-state index contributed by atoms with van der Waals surface area (Å²) >= 11 is 5.01. The minimum absolute atomic E-state index is 0.263. The predicted octanol–water partition coefficient (Wildman–Crippen LogP) is 6.61. The Morgan fingerprint density at radius 1 is 1.07 bits per heavy atom. The Morgan fingerprint density at radius 2 is 1.79 bits per heavy atom. The summed E-state index contributed by atoms with van der Waals surface area (Å²) in [5, 5.41) is 3.07. The van der Waals surface area contributed by atoms with Crippen molar-refractivity contribution in [3.8, 4) is 0 Å². The van der Waals surface area contributed by atoms with E-state index >= 15 is 0 Å². The molecule has 1 heterocycles. The van der Waals surface area contributed by atoms with Crippen molar-refractivity contribution in [1.82, 2.24) is 0 Å². The number of thioether (sulfide) groups is 1. The highest BCUT2D eigenvalue weighted by Crippen LogP contribution is 2.28. The zero-order valence-electron chi connectivity index (χ0n) is 14.7. The molecule has 0 atom stereocenters. The van der Waals surface area contributed by atoms with Crippen LogP contribution in [0.15, 0.2) is 69.3 Å². The number of para-hydroxylation sites is 1. The molecule has 0 spiro atoms. The van der Waals surface area contributed by atoms with Gasteiger partial charge in [-0.1, -0.05) is 23.9 Å². The van der Waals surface area contributed by atoms with Gasteiger partial charge >= 0.3 is 5.97 Å². The number of benzene rings is 2. The zero-order valence-corrected chi connectivity index (χ0v) is 18.0. The molecule has 9 heteroatoms. The molecule has 29 heavy (non-hydrogen) atoms. The number of ether oxygens (including phenoxy) is 1. The highest BCUT2D eigenvalue weighted by Gasteiger charge is 2.16. The van der Waals surface area contributed by atoms with Gasteiger partial charge in [-0.05, 0) is 64.5 Å². The molecule has 0 aliphatic heterocycles. The molecule has 0 aliphatic rings. The van der Waals surface area contributed by atoms with Crippen molar-refractivity contribution >= 4 is 62.2 Å². The molecule has 3 rings (SSSR count). The van der Waals surface area contributed by atoms with Gasteiger partial charge in [-0.3, -0.25) is 4.79 Å². The molecule has 2 aromatic carbocycles. The molecule has 0 radical (unpaired) electrons. The molecule has 0 saturated carbocycles. The van der Waals surface area contributed by atoms with Crippen LogP contribution in [0.25, 0.3) is 0 Å². The zero-order chi connectivity index (χ0) is 20.8. The first-order valence-electron chi connectivity index (χ1n) is 8.29. The number of carbonyl (C=O) groups is 2. The van der Waals surface area contributed by atoms with Gasteiger partial charge in [-0.25, -0.2) is 4.79 Å². The molecule has 0 aliphatic carbocycles. The minimum Gasteiger partial charge on any atom is -0.454 e. The average Bonchev–Trinajstić information content (AvgIpc) is 3.14. The highest BCUT2D eigenvalue weighted by molar-refractivity contribution is 9.11. The summed E-state index contributed by atoms with van der Waals surface area (Å²) in [6.45, 7) is -0.361. The number of nitrogens with one attached hydrogen (secondary N) is 1. The minimum atomic E-state index is -2.48. The number of rotatable bonds is 8. The molecule has 4 nitrogen and oxygen atoms in total. The van der Waals surface area contributed by atoms with Crippen LogP contribution < -0.4 is 5.32 Å². The first-order valence-corrected chi connectivity index (χ1v) is 10.8. The maximum atomic E-state index is 12.5. The van der Waals surface area contributed by atoms with Crippen molar-refractivity contribution in [3.63, 3.8) is 0 Å². The Bertz CT molecular complexity index is 1010. The summed E-state index contributed by atoms with van der Waals surface area (Å²) in [4.78, 5) is 25.5. The topological polar surface area (TPSA) is 55.4 Å². The summed E-state index contributed by atoms with van der Waals surface area (Å²) in [6.07, 6.45) is 0. The first-order chi connectivity index (χ1) is 13.9. The molecular weight excluding hydrogens is 484 g/mol. The van der Waals surface area contributed by atoms with E-state index in [1.54, 1.807) is 60.7 Å². The van der Waals surface area contributed by atoms with E-state index in [0.717, 1.165) is 3.79 Å². The normalized spacial score (nSPS) is 10.8. The number of ketones is 1. The van der Waals surface area contributed by atoms with Gasteiger partial charge in [0.25, 0.3) is 5.76 Å².